The van der Waals surface area contributed by atoms with Gasteiger partial charge in [0.2, 0.25) is 6.10 Å². The molecule has 0 unspecified atom stereocenters. The standard InChI is InChI=1S/C12H10ClNO6/c1-6-4-10(12(16)19-6)20-11(15)8-3-2-7(14(17)18)5-9(8)13/h2-3,5-6,10H,4H2,1H3/t6-,10-/m0/s1. The first kappa shape index (κ1) is 14.3. The van der Waals surface area contributed by atoms with Crippen LogP contribution >= 0.6 is 11.6 Å². The highest BCUT2D eigenvalue weighted by Gasteiger charge is 2.35. The second-order valence-corrected chi connectivity index (χ2v) is 4.71. The van der Waals surface area contributed by atoms with Gasteiger partial charge in [-0.3, -0.25) is 10.1 Å². The lowest BCUT2D eigenvalue weighted by molar-refractivity contribution is -0.384. The van der Waals surface area contributed by atoms with Crippen LogP contribution in [0.5, 0.6) is 0 Å². The first-order chi connectivity index (χ1) is 9.38. The molecule has 2 atom stereocenters. The normalized spacial score (nSPS) is 21.4. The van der Waals surface area contributed by atoms with E-state index >= 15 is 0 Å². The van der Waals surface area contributed by atoms with Crippen molar-refractivity contribution in [3.63, 3.8) is 0 Å². The minimum Gasteiger partial charge on any atom is -0.460 e. The summed E-state index contributed by atoms with van der Waals surface area (Å²) in [5.41, 5.74) is -0.273. The SMILES string of the molecule is C[C@H]1C[C@H](OC(=O)c2ccc([N+](=O)[O-])cc2Cl)C(=O)O1. The third kappa shape index (κ3) is 2.88. The molecular formula is C12H10ClNO6. The van der Waals surface area contributed by atoms with Crippen molar-refractivity contribution in [2.45, 2.75) is 25.6 Å². The van der Waals surface area contributed by atoms with Gasteiger partial charge in [-0.05, 0) is 13.0 Å². The zero-order valence-corrected chi connectivity index (χ0v) is 11.1. The van der Waals surface area contributed by atoms with Crippen LogP contribution in [0.15, 0.2) is 18.2 Å². The second-order valence-electron chi connectivity index (χ2n) is 4.30. The van der Waals surface area contributed by atoms with Crippen LogP contribution in [-0.2, 0) is 14.3 Å². The smallest absolute Gasteiger partial charge is 0.347 e. The average molecular weight is 300 g/mol. The molecule has 0 aromatic heterocycles. The fourth-order valence-electron chi connectivity index (χ4n) is 1.79. The number of non-ortho nitro benzene ring substituents is 1. The van der Waals surface area contributed by atoms with E-state index in [2.05, 4.69) is 0 Å². The van der Waals surface area contributed by atoms with Crippen molar-refractivity contribution >= 4 is 29.2 Å². The Morgan fingerprint density at radius 2 is 2.25 bits per heavy atom. The highest BCUT2D eigenvalue weighted by molar-refractivity contribution is 6.33. The molecule has 0 bridgehead atoms. The number of halogens is 1. The molecule has 1 aromatic carbocycles. The fraction of sp³-hybridized carbons (Fsp3) is 0.333. The lowest BCUT2D eigenvalue weighted by Gasteiger charge is -2.09. The Morgan fingerprint density at radius 1 is 1.55 bits per heavy atom. The molecule has 1 aromatic rings. The summed E-state index contributed by atoms with van der Waals surface area (Å²) in [7, 11) is 0. The van der Waals surface area contributed by atoms with E-state index in [0.29, 0.717) is 0 Å². The van der Waals surface area contributed by atoms with Gasteiger partial charge in [-0.15, -0.1) is 0 Å². The van der Waals surface area contributed by atoms with Crippen molar-refractivity contribution in [3.05, 3.63) is 38.9 Å². The predicted molar refractivity (Wildman–Crippen MR) is 67.5 cm³/mol. The molecule has 1 aliphatic heterocycles. The Bertz CT molecular complexity index is 587. The number of nitro benzene ring substituents is 1. The number of ether oxygens (including phenoxy) is 2. The van der Waals surface area contributed by atoms with Gasteiger partial charge >= 0.3 is 11.9 Å². The van der Waals surface area contributed by atoms with Crippen LogP contribution in [0.3, 0.4) is 0 Å². The number of hydrogen-bond acceptors (Lipinski definition) is 6. The number of carbonyl (C=O) groups excluding carboxylic acids is 2. The molecule has 1 heterocycles. The summed E-state index contributed by atoms with van der Waals surface area (Å²) >= 11 is 5.80. The topological polar surface area (TPSA) is 95.7 Å². The predicted octanol–water partition coefficient (Wildman–Crippen LogP) is 2.11. The Labute approximate surface area is 118 Å². The quantitative estimate of drug-likeness (QED) is 0.482. The van der Waals surface area contributed by atoms with E-state index in [9.17, 15) is 19.7 Å². The van der Waals surface area contributed by atoms with E-state index in [1.807, 2.05) is 0 Å². The summed E-state index contributed by atoms with van der Waals surface area (Å²) in [4.78, 5) is 33.2. The van der Waals surface area contributed by atoms with Crippen molar-refractivity contribution in [1.29, 1.82) is 0 Å². The molecule has 0 saturated carbocycles. The summed E-state index contributed by atoms with van der Waals surface area (Å²) in [5.74, 6) is -1.43. The van der Waals surface area contributed by atoms with Crippen LogP contribution in [0.25, 0.3) is 0 Å². The number of nitro groups is 1. The molecule has 20 heavy (non-hydrogen) atoms. The lowest BCUT2D eigenvalue weighted by Crippen LogP contribution is -2.22. The molecular weight excluding hydrogens is 290 g/mol. The third-order valence-electron chi connectivity index (χ3n) is 2.76. The van der Waals surface area contributed by atoms with Gasteiger partial charge in [0, 0.05) is 18.6 Å². The van der Waals surface area contributed by atoms with Gasteiger partial charge in [0.25, 0.3) is 5.69 Å². The van der Waals surface area contributed by atoms with Gasteiger partial charge in [0.15, 0.2) is 0 Å². The van der Waals surface area contributed by atoms with E-state index < -0.39 is 23.0 Å². The summed E-state index contributed by atoms with van der Waals surface area (Å²) in [6.45, 7) is 1.69. The molecule has 0 spiro atoms. The molecule has 0 radical (unpaired) electrons. The van der Waals surface area contributed by atoms with Crippen molar-refractivity contribution in [1.82, 2.24) is 0 Å². The number of nitrogens with zero attached hydrogens (tertiary/aromatic N) is 1. The summed E-state index contributed by atoms with van der Waals surface area (Å²) in [6.07, 6.45) is -1.01. The summed E-state index contributed by atoms with van der Waals surface area (Å²) < 4.78 is 9.85. The lowest BCUT2D eigenvalue weighted by atomic mass is 10.2. The van der Waals surface area contributed by atoms with Crippen LogP contribution in [0, 0.1) is 10.1 Å². The Balaban J connectivity index is 2.14. The number of cyclic esters (lactones) is 1. The maximum absolute atomic E-state index is 11.9. The Kier molecular flexibility index (Phi) is 3.89. The van der Waals surface area contributed by atoms with Crippen LogP contribution < -0.4 is 0 Å². The number of hydrogen-bond donors (Lipinski definition) is 0. The van der Waals surface area contributed by atoms with Gasteiger partial charge < -0.3 is 9.47 Å². The zero-order valence-electron chi connectivity index (χ0n) is 10.4. The van der Waals surface area contributed by atoms with E-state index in [0.717, 1.165) is 12.1 Å². The van der Waals surface area contributed by atoms with Gasteiger partial charge in [0.1, 0.15) is 6.10 Å². The minimum absolute atomic E-state index is 0.0374. The number of esters is 2. The van der Waals surface area contributed by atoms with Gasteiger partial charge in [0.05, 0.1) is 15.5 Å². The monoisotopic (exact) mass is 299 g/mol. The molecule has 1 aliphatic rings. The van der Waals surface area contributed by atoms with Crippen molar-refractivity contribution in [2.24, 2.45) is 0 Å². The largest absolute Gasteiger partial charge is 0.460 e. The van der Waals surface area contributed by atoms with Crippen LogP contribution in [0.2, 0.25) is 5.02 Å². The van der Waals surface area contributed by atoms with E-state index in [1.54, 1.807) is 6.92 Å². The van der Waals surface area contributed by atoms with E-state index in [4.69, 9.17) is 21.1 Å². The number of rotatable bonds is 3. The highest BCUT2D eigenvalue weighted by atomic mass is 35.5. The summed E-state index contributed by atoms with van der Waals surface area (Å²) in [6, 6.07) is 3.37. The van der Waals surface area contributed by atoms with Gasteiger partial charge in [-0.25, -0.2) is 9.59 Å². The molecule has 106 valence electrons. The zero-order chi connectivity index (χ0) is 14.9. The Morgan fingerprint density at radius 3 is 2.75 bits per heavy atom. The van der Waals surface area contributed by atoms with Crippen molar-refractivity contribution in [2.75, 3.05) is 0 Å². The van der Waals surface area contributed by atoms with Crippen molar-refractivity contribution in [3.8, 4) is 0 Å². The maximum atomic E-state index is 11.9. The maximum Gasteiger partial charge on any atom is 0.347 e. The minimum atomic E-state index is -0.969. The van der Waals surface area contributed by atoms with Crippen LogP contribution in [-0.4, -0.2) is 29.1 Å². The Hall–Kier alpha value is -2.15. The molecule has 0 aliphatic carbocycles. The van der Waals surface area contributed by atoms with E-state index in [1.165, 1.54) is 6.07 Å². The van der Waals surface area contributed by atoms with Crippen LogP contribution in [0.4, 0.5) is 5.69 Å². The molecule has 8 heteroatoms. The fourth-order valence-corrected chi connectivity index (χ4v) is 2.04. The molecule has 1 saturated heterocycles. The molecule has 2 rings (SSSR count). The summed E-state index contributed by atoms with van der Waals surface area (Å²) in [5, 5.41) is 10.5. The molecule has 0 amide bonds. The van der Waals surface area contributed by atoms with Gasteiger partial charge in [-0.2, -0.15) is 0 Å². The number of benzene rings is 1. The third-order valence-corrected chi connectivity index (χ3v) is 3.07. The highest BCUT2D eigenvalue weighted by Crippen LogP contribution is 2.25. The number of carbonyl (C=O) groups is 2. The van der Waals surface area contributed by atoms with Gasteiger partial charge in [-0.1, -0.05) is 11.6 Å². The van der Waals surface area contributed by atoms with Crippen LogP contribution in [0.1, 0.15) is 23.7 Å². The van der Waals surface area contributed by atoms with E-state index in [-0.39, 0.29) is 28.8 Å². The molecule has 1 fully saturated rings. The molecule has 0 N–H and O–H groups in total. The molecule has 7 nitrogen and oxygen atoms in total. The first-order valence-electron chi connectivity index (χ1n) is 5.74. The average Bonchev–Trinajstić information content (AvgIpc) is 2.67. The first-order valence-corrected chi connectivity index (χ1v) is 6.11. The van der Waals surface area contributed by atoms with Crippen molar-refractivity contribution < 1.29 is 24.0 Å². The second kappa shape index (κ2) is 5.46.